The van der Waals surface area contributed by atoms with Gasteiger partial charge in [-0.15, -0.1) is 0 Å². The van der Waals surface area contributed by atoms with Crippen LogP contribution in [0.15, 0.2) is 22.7 Å². The maximum absolute atomic E-state index is 13.8. The van der Waals surface area contributed by atoms with Crippen LogP contribution in [0.3, 0.4) is 0 Å². The van der Waals surface area contributed by atoms with Crippen LogP contribution in [0.25, 0.3) is 0 Å². The second-order valence-electron chi connectivity index (χ2n) is 4.98. The van der Waals surface area contributed by atoms with Crippen molar-refractivity contribution in [2.75, 3.05) is 0 Å². The zero-order chi connectivity index (χ0) is 14.1. The average Bonchev–Trinajstić information content (AvgIpc) is 3.17. The fraction of sp³-hybridized carbons (Fsp3) is 0.429. The lowest BCUT2D eigenvalue weighted by atomic mass is 10.1. The molecule has 2 aromatic rings. The second kappa shape index (κ2) is 5.20. The van der Waals surface area contributed by atoms with Crippen molar-refractivity contribution in [1.82, 2.24) is 10.1 Å². The van der Waals surface area contributed by atoms with Gasteiger partial charge in [0.05, 0.1) is 6.10 Å². The van der Waals surface area contributed by atoms with Gasteiger partial charge in [0.1, 0.15) is 0 Å². The van der Waals surface area contributed by atoms with Crippen molar-refractivity contribution in [2.45, 2.75) is 38.4 Å². The minimum Gasteiger partial charge on any atom is -0.481 e. The Bertz CT molecular complexity index is 608. The minimum absolute atomic E-state index is 0.0324. The third-order valence-corrected chi connectivity index (χ3v) is 3.22. The topological polar surface area (TPSA) is 68.4 Å². The molecule has 1 N–H and O–H groups in total. The van der Waals surface area contributed by atoms with Gasteiger partial charge in [0.25, 0.3) is 5.89 Å². The molecule has 0 spiro atoms. The molecule has 0 saturated heterocycles. The first-order valence-corrected chi connectivity index (χ1v) is 6.56. The molecule has 1 atom stereocenters. The Morgan fingerprint density at radius 2 is 2.30 bits per heavy atom. The molecule has 0 aliphatic heterocycles. The van der Waals surface area contributed by atoms with Crippen LogP contribution >= 0.6 is 0 Å². The molecular formula is C14H15FN2O3. The Morgan fingerprint density at radius 3 is 2.95 bits per heavy atom. The fourth-order valence-electron chi connectivity index (χ4n) is 1.87. The summed E-state index contributed by atoms with van der Waals surface area (Å²) in [4.78, 5) is 4.20. The van der Waals surface area contributed by atoms with Crippen LogP contribution in [0.5, 0.6) is 5.75 Å². The predicted octanol–water partition coefficient (Wildman–Crippen LogP) is 2.72. The number of halogens is 1. The number of aliphatic hydroxyl groups is 1. The van der Waals surface area contributed by atoms with Crippen LogP contribution in [0.2, 0.25) is 0 Å². The Balaban J connectivity index is 1.65. The third kappa shape index (κ3) is 2.80. The summed E-state index contributed by atoms with van der Waals surface area (Å²) < 4.78 is 24.1. The SMILES string of the molecule is C[C@@H](O)c1ccc(OCc2nc(C3CC3)no2)c(F)c1. The van der Waals surface area contributed by atoms with Crippen LogP contribution in [0.4, 0.5) is 4.39 Å². The lowest BCUT2D eigenvalue weighted by Crippen LogP contribution is -1.99. The van der Waals surface area contributed by atoms with Crippen molar-refractivity contribution in [1.29, 1.82) is 0 Å². The van der Waals surface area contributed by atoms with Gasteiger partial charge in [0.15, 0.2) is 24.0 Å². The highest BCUT2D eigenvalue weighted by atomic mass is 19.1. The van der Waals surface area contributed by atoms with E-state index in [0.717, 1.165) is 12.8 Å². The van der Waals surface area contributed by atoms with E-state index < -0.39 is 11.9 Å². The average molecular weight is 278 g/mol. The van der Waals surface area contributed by atoms with Gasteiger partial charge in [-0.2, -0.15) is 4.98 Å². The molecule has 0 unspecified atom stereocenters. The Labute approximate surface area is 115 Å². The van der Waals surface area contributed by atoms with E-state index in [1.807, 2.05) is 0 Å². The van der Waals surface area contributed by atoms with Gasteiger partial charge in [-0.3, -0.25) is 0 Å². The zero-order valence-electron chi connectivity index (χ0n) is 11.0. The van der Waals surface area contributed by atoms with E-state index >= 15 is 0 Å². The molecule has 1 fully saturated rings. The van der Waals surface area contributed by atoms with E-state index in [1.54, 1.807) is 13.0 Å². The fourth-order valence-corrected chi connectivity index (χ4v) is 1.87. The molecule has 0 amide bonds. The first-order chi connectivity index (χ1) is 9.63. The Morgan fingerprint density at radius 1 is 1.50 bits per heavy atom. The first kappa shape index (κ1) is 13.1. The summed E-state index contributed by atoms with van der Waals surface area (Å²) in [6.07, 6.45) is 1.47. The number of hydrogen-bond acceptors (Lipinski definition) is 5. The third-order valence-electron chi connectivity index (χ3n) is 3.22. The van der Waals surface area contributed by atoms with Crippen molar-refractivity contribution in [3.63, 3.8) is 0 Å². The van der Waals surface area contributed by atoms with Crippen molar-refractivity contribution in [3.8, 4) is 5.75 Å². The first-order valence-electron chi connectivity index (χ1n) is 6.56. The lowest BCUT2D eigenvalue weighted by molar-refractivity contribution is 0.198. The highest BCUT2D eigenvalue weighted by Crippen LogP contribution is 2.38. The minimum atomic E-state index is -0.712. The highest BCUT2D eigenvalue weighted by molar-refractivity contribution is 5.30. The molecule has 20 heavy (non-hydrogen) atoms. The molecule has 3 rings (SSSR count). The number of nitrogens with zero attached hydrogens (tertiary/aromatic N) is 2. The van der Waals surface area contributed by atoms with E-state index in [0.29, 0.717) is 23.2 Å². The maximum atomic E-state index is 13.8. The van der Waals surface area contributed by atoms with E-state index in [2.05, 4.69) is 10.1 Å². The van der Waals surface area contributed by atoms with Gasteiger partial charge in [-0.25, -0.2) is 4.39 Å². The number of aliphatic hydroxyl groups excluding tert-OH is 1. The summed E-state index contributed by atoms with van der Waals surface area (Å²) in [5.74, 6) is 1.03. The van der Waals surface area contributed by atoms with Crippen molar-refractivity contribution < 1.29 is 18.8 Å². The predicted molar refractivity (Wildman–Crippen MR) is 67.6 cm³/mol. The largest absolute Gasteiger partial charge is 0.481 e. The summed E-state index contributed by atoms with van der Waals surface area (Å²) in [6.45, 7) is 1.61. The number of aromatic nitrogens is 2. The summed E-state index contributed by atoms with van der Waals surface area (Å²) >= 11 is 0. The van der Waals surface area contributed by atoms with Crippen LogP contribution in [0.1, 0.15) is 49.1 Å². The molecule has 1 aliphatic rings. The molecule has 1 saturated carbocycles. The Kier molecular flexibility index (Phi) is 3.40. The molecule has 1 aromatic carbocycles. The van der Waals surface area contributed by atoms with Crippen molar-refractivity contribution in [3.05, 3.63) is 41.3 Å². The quantitative estimate of drug-likeness (QED) is 0.910. The maximum Gasteiger partial charge on any atom is 0.264 e. The van der Waals surface area contributed by atoms with Crippen LogP contribution in [0, 0.1) is 5.82 Å². The molecule has 6 heteroatoms. The van der Waals surface area contributed by atoms with Crippen molar-refractivity contribution >= 4 is 0 Å². The second-order valence-corrected chi connectivity index (χ2v) is 4.98. The molecule has 0 radical (unpaired) electrons. The Hall–Kier alpha value is -1.95. The van der Waals surface area contributed by atoms with Gasteiger partial charge in [-0.05, 0) is 37.5 Å². The zero-order valence-corrected chi connectivity index (χ0v) is 11.0. The van der Waals surface area contributed by atoms with Gasteiger partial charge < -0.3 is 14.4 Å². The molecule has 1 aliphatic carbocycles. The molecule has 1 heterocycles. The standard InChI is InChI=1S/C14H15FN2O3/c1-8(18)10-4-5-12(11(15)6-10)19-7-13-16-14(17-20-13)9-2-3-9/h4-6,8-9,18H,2-3,7H2,1H3/t8-/m1/s1. The van der Waals surface area contributed by atoms with Crippen LogP contribution in [-0.4, -0.2) is 15.2 Å². The highest BCUT2D eigenvalue weighted by Gasteiger charge is 2.28. The number of rotatable bonds is 5. The summed E-state index contributed by atoms with van der Waals surface area (Å²) in [5, 5.41) is 13.2. The van der Waals surface area contributed by atoms with Crippen LogP contribution < -0.4 is 4.74 Å². The van der Waals surface area contributed by atoms with E-state index in [4.69, 9.17) is 9.26 Å². The molecule has 5 nitrogen and oxygen atoms in total. The normalized spacial score (nSPS) is 16.1. The summed E-state index contributed by atoms with van der Waals surface area (Å²) in [7, 11) is 0. The molecular weight excluding hydrogens is 263 g/mol. The molecule has 0 bridgehead atoms. The number of benzene rings is 1. The number of hydrogen-bond donors (Lipinski definition) is 1. The molecule has 1 aromatic heterocycles. The summed E-state index contributed by atoms with van der Waals surface area (Å²) in [6, 6.07) is 4.35. The van der Waals surface area contributed by atoms with E-state index in [9.17, 15) is 9.50 Å². The lowest BCUT2D eigenvalue weighted by Gasteiger charge is -2.08. The molecule has 106 valence electrons. The van der Waals surface area contributed by atoms with E-state index in [-0.39, 0.29) is 12.4 Å². The number of ether oxygens (including phenoxy) is 1. The van der Waals surface area contributed by atoms with Gasteiger partial charge >= 0.3 is 0 Å². The smallest absolute Gasteiger partial charge is 0.264 e. The summed E-state index contributed by atoms with van der Waals surface area (Å²) in [5.41, 5.74) is 0.503. The van der Waals surface area contributed by atoms with Crippen molar-refractivity contribution in [2.24, 2.45) is 0 Å². The van der Waals surface area contributed by atoms with Gasteiger partial charge in [0.2, 0.25) is 0 Å². The van der Waals surface area contributed by atoms with Gasteiger partial charge in [0, 0.05) is 5.92 Å². The van der Waals surface area contributed by atoms with Gasteiger partial charge in [-0.1, -0.05) is 11.2 Å². The monoisotopic (exact) mass is 278 g/mol. The van der Waals surface area contributed by atoms with Crippen LogP contribution in [-0.2, 0) is 6.61 Å². The van der Waals surface area contributed by atoms with E-state index in [1.165, 1.54) is 12.1 Å².